The molecular weight excluding hydrogens is 402 g/mol. The van der Waals surface area contributed by atoms with E-state index in [0.29, 0.717) is 13.1 Å². The molecule has 1 aliphatic rings. The number of carbonyl (C=O) groups excluding carboxylic acids is 1. The first-order chi connectivity index (χ1) is 14.0. The normalized spacial score (nSPS) is 14.3. The van der Waals surface area contributed by atoms with E-state index in [1.54, 1.807) is 0 Å². The summed E-state index contributed by atoms with van der Waals surface area (Å²) >= 11 is 7.61. The molecule has 1 saturated heterocycles. The number of nitrogens with zero attached hydrogens (tertiary/aromatic N) is 3. The van der Waals surface area contributed by atoms with Crippen LogP contribution in [0.2, 0.25) is 5.02 Å². The number of rotatable bonds is 4. The molecule has 0 saturated carbocycles. The minimum Gasteiger partial charge on any atom is -0.368 e. The molecule has 0 spiro atoms. The fourth-order valence-electron chi connectivity index (χ4n) is 3.59. The van der Waals surface area contributed by atoms with Crippen molar-refractivity contribution in [3.8, 4) is 10.6 Å². The van der Waals surface area contributed by atoms with Crippen LogP contribution in [-0.4, -0.2) is 42.0 Å². The molecule has 6 heteroatoms. The fraction of sp³-hybridized carbons (Fsp3) is 0.304. The Bertz CT molecular complexity index is 1010. The molecule has 1 fully saturated rings. The number of hydrogen-bond acceptors (Lipinski definition) is 4. The maximum Gasteiger partial charge on any atom is 0.265 e. The van der Waals surface area contributed by atoms with E-state index in [0.717, 1.165) is 51.4 Å². The summed E-state index contributed by atoms with van der Waals surface area (Å²) in [6.45, 7) is 7.07. The van der Waals surface area contributed by atoms with Crippen LogP contribution in [0.4, 0.5) is 5.69 Å². The number of halogens is 1. The lowest BCUT2D eigenvalue weighted by Crippen LogP contribution is -2.48. The summed E-state index contributed by atoms with van der Waals surface area (Å²) in [5, 5.41) is 1.65. The number of thiazole rings is 1. The zero-order chi connectivity index (χ0) is 20.4. The van der Waals surface area contributed by atoms with E-state index in [2.05, 4.69) is 47.1 Å². The van der Waals surface area contributed by atoms with E-state index in [1.165, 1.54) is 16.9 Å². The lowest BCUT2D eigenvalue weighted by molar-refractivity contribution is 0.0750. The average molecular weight is 426 g/mol. The maximum absolute atomic E-state index is 13.1. The Balaban J connectivity index is 1.45. The number of carbonyl (C=O) groups is 1. The molecule has 2 aromatic carbocycles. The Morgan fingerprint density at radius 2 is 1.83 bits per heavy atom. The molecule has 0 radical (unpaired) electrons. The van der Waals surface area contributed by atoms with Gasteiger partial charge in [-0.15, -0.1) is 11.3 Å². The Morgan fingerprint density at radius 1 is 1.10 bits per heavy atom. The Kier molecular flexibility index (Phi) is 5.88. The van der Waals surface area contributed by atoms with Gasteiger partial charge in [0.1, 0.15) is 9.88 Å². The molecule has 150 valence electrons. The molecule has 1 aliphatic heterocycles. The molecule has 0 atom stereocenters. The van der Waals surface area contributed by atoms with Crippen LogP contribution in [0.1, 0.15) is 27.9 Å². The van der Waals surface area contributed by atoms with Crippen LogP contribution in [0, 0.1) is 6.92 Å². The van der Waals surface area contributed by atoms with Gasteiger partial charge in [0, 0.05) is 42.5 Å². The summed E-state index contributed by atoms with van der Waals surface area (Å²) in [4.78, 5) is 22.7. The van der Waals surface area contributed by atoms with Crippen molar-refractivity contribution in [3.05, 3.63) is 69.7 Å². The predicted molar refractivity (Wildman–Crippen MR) is 121 cm³/mol. The van der Waals surface area contributed by atoms with Gasteiger partial charge in [0.2, 0.25) is 0 Å². The topological polar surface area (TPSA) is 36.4 Å². The zero-order valence-electron chi connectivity index (χ0n) is 16.7. The third kappa shape index (κ3) is 4.31. The van der Waals surface area contributed by atoms with Gasteiger partial charge >= 0.3 is 0 Å². The van der Waals surface area contributed by atoms with Gasteiger partial charge in [0.05, 0.1) is 5.69 Å². The maximum atomic E-state index is 13.1. The molecule has 0 unspecified atom stereocenters. The Hall–Kier alpha value is -2.37. The van der Waals surface area contributed by atoms with Gasteiger partial charge in [0.25, 0.3) is 5.91 Å². The molecule has 0 aliphatic carbocycles. The van der Waals surface area contributed by atoms with Crippen molar-refractivity contribution >= 4 is 34.5 Å². The van der Waals surface area contributed by atoms with E-state index in [4.69, 9.17) is 11.6 Å². The van der Waals surface area contributed by atoms with Crippen molar-refractivity contribution in [2.24, 2.45) is 0 Å². The largest absolute Gasteiger partial charge is 0.368 e. The van der Waals surface area contributed by atoms with Gasteiger partial charge in [-0.1, -0.05) is 48.9 Å². The summed E-state index contributed by atoms with van der Waals surface area (Å²) in [6, 6.07) is 16.3. The van der Waals surface area contributed by atoms with E-state index < -0.39 is 0 Å². The van der Waals surface area contributed by atoms with Crippen LogP contribution in [0.15, 0.2) is 48.5 Å². The van der Waals surface area contributed by atoms with Crippen LogP contribution < -0.4 is 4.90 Å². The lowest BCUT2D eigenvalue weighted by atomic mass is 10.1. The fourth-order valence-corrected chi connectivity index (χ4v) is 4.81. The van der Waals surface area contributed by atoms with Crippen LogP contribution >= 0.6 is 22.9 Å². The quantitative estimate of drug-likeness (QED) is 0.569. The van der Waals surface area contributed by atoms with E-state index in [9.17, 15) is 4.79 Å². The highest BCUT2D eigenvalue weighted by Gasteiger charge is 2.26. The molecule has 1 amide bonds. The molecule has 0 bridgehead atoms. The van der Waals surface area contributed by atoms with Crippen molar-refractivity contribution < 1.29 is 4.79 Å². The molecule has 29 heavy (non-hydrogen) atoms. The molecule has 2 heterocycles. The highest BCUT2D eigenvalue weighted by atomic mass is 35.5. The smallest absolute Gasteiger partial charge is 0.265 e. The zero-order valence-corrected chi connectivity index (χ0v) is 18.3. The van der Waals surface area contributed by atoms with E-state index in [1.807, 2.05) is 30.0 Å². The highest BCUT2D eigenvalue weighted by molar-refractivity contribution is 7.17. The number of aromatic nitrogens is 1. The van der Waals surface area contributed by atoms with Crippen LogP contribution in [0.5, 0.6) is 0 Å². The van der Waals surface area contributed by atoms with Crippen molar-refractivity contribution in [1.29, 1.82) is 0 Å². The van der Waals surface area contributed by atoms with Crippen LogP contribution in [0.3, 0.4) is 0 Å². The first-order valence-corrected chi connectivity index (χ1v) is 11.1. The van der Waals surface area contributed by atoms with Crippen molar-refractivity contribution in [1.82, 2.24) is 9.88 Å². The minimum absolute atomic E-state index is 0.0853. The van der Waals surface area contributed by atoms with Gasteiger partial charge in [-0.25, -0.2) is 4.98 Å². The average Bonchev–Trinajstić information content (AvgIpc) is 3.15. The van der Waals surface area contributed by atoms with Crippen LogP contribution in [-0.2, 0) is 6.42 Å². The number of benzene rings is 2. The van der Waals surface area contributed by atoms with Crippen LogP contribution in [0.25, 0.3) is 10.6 Å². The van der Waals surface area contributed by atoms with Gasteiger partial charge in [-0.2, -0.15) is 0 Å². The number of anilines is 1. The first-order valence-electron chi connectivity index (χ1n) is 9.91. The van der Waals surface area contributed by atoms with Crippen molar-refractivity contribution in [3.63, 3.8) is 0 Å². The summed E-state index contributed by atoms with van der Waals surface area (Å²) < 4.78 is 0. The Labute approximate surface area is 180 Å². The van der Waals surface area contributed by atoms with Crippen molar-refractivity contribution in [2.45, 2.75) is 20.3 Å². The molecule has 0 N–H and O–H groups in total. The molecular formula is C23H24ClN3OS. The standard InChI is InChI=1S/C23H24ClN3OS/c1-3-17-7-9-18(10-8-17)22-25-16(2)21(29-22)23(28)27-13-11-26(12-14-27)20-6-4-5-19(24)15-20/h4-10,15H,3,11-14H2,1-2H3. The number of hydrogen-bond donors (Lipinski definition) is 0. The minimum atomic E-state index is 0.0853. The summed E-state index contributed by atoms with van der Waals surface area (Å²) in [6.07, 6.45) is 1.02. The second-order valence-corrected chi connectivity index (χ2v) is 8.68. The molecule has 4 rings (SSSR count). The third-order valence-electron chi connectivity index (χ3n) is 5.34. The second-order valence-electron chi connectivity index (χ2n) is 7.24. The summed E-state index contributed by atoms with van der Waals surface area (Å²) in [5.41, 5.74) is 4.29. The second kappa shape index (κ2) is 8.56. The van der Waals surface area contributed by atoms with Crippen molar-refractivity contribution in [2.75, 3.05) is 31.1 Å². The van der Waals surface area contributed by atoms with Gasteiger partial charge in [-0.05, 0) is 37.1 Å². The van der Waals surface area contributed by atoms with Gasteiger partial charge < -0.3 is 9.80 Å². The predicted octanol–water partition coefficient (Wildman–Crippen LogP) is 5.30. The Morgan fingerprint density at radius 3 is 2.48 bits per heavy atom. The summed E-state index contributed by atoms with van der Waals surface area (Å²) in [7, 11) is 0. The number of amides is 1. The first kappa shape index (κ1) is 19.9. The monoisotopic (exact) mass is 425 g/mol. The number of piperazine rings is 1. The van der Waals surface area contributed by atoms with E-state index >= 15 is 0 Å². The lowest BCUT2D eigenvalue weighted by Gasteiger charge is -2.36. The van der Waals surface area contributed by atoms with E-state index in [-0.39, 0.29) is 5.91 Å². The number of aryl methyl sites for hydroxylation is 2. The summed E-state index contributed by atoms with van der Waals surface area (Å²) in [5.74, 6) is 0.0853. The van der Waals surface area contributed by atoms with Gasteiger partial charge in [-0.3, -0.25) is 4.79 Å². The highest BCUT2D eigenvalue weighted by Crippen LogP contribution is 2.30. The molecule has 3 aromatic rings. The third-order valence-corrected chi connectivity index (χ3v) is 6.77. The molecule has 1 aromatic heterocycles. The van der Waals surface area contributed by atoms with Gasteiger partial charge in [0.15, 0.2) is 0 Å². The SMILES string of the molecule is CCc1ccc(-c2nc(C)c(C(=O)N3CCN(c4cccc(Cl)c4)CC3)s2)cc1. The molecule has 4 nitrogen and oxygen atoms in total.